The Bertz CT molecular complexity index is 1170. The van der Waals surface area contributed by atoms with Gasteiger partial charge in [0.15, 0.2) is 11.5 Å². The fourth-order valence-corrected chi connectivity index (χ4v) is 2.77. The predicted molar refractivity (Wildman–Crippen MR) is 120 cm³/mol. The number of amides is 2. The molecule has 0 heterocycles. The summed E-state index contributed by atoms with van der Waals surface area (Å²) >= 11 is 6.02. The highest BCUT2D eigenvalue weighted by Gasteiger charge is 2.16. The summed E-state index contributed by atoms with van der Waals surface area (Å²) in [5.74, 6) is -1.97. The first-order valence-corrected chi connectivity index (χ1v) is 9.70. The second-order valence-corrected chi connectivity index (χ2v) is 6.71. The highest BCUT2D eigenvalue weighted by Crippen LogP contribution is 2.29. The Kier molecular flexibility index (Phi) is 7.55. The largest absolute Gasteiger partial charge is 0.493 e. The number of nitrogens with zero attached hydrogens (tertiary/aromatic N) is 1. The molecule has 0 atom stereocenters. The van der Waals surface area contributed by atoms with Gasteiger partial charge in [-0.2, -0.15) is 5.10 Å². The average molecular weight is 452 g/mol. The zero-order chi connectivity index (χ0) is 22.9. The Morgan fingerprint density at radius 1 is 0.906 bits per heavy atom. The quantitative estimate of drug-likeness (QED) is 0.195. The standard InChI is InChI=1S/C23H18ClN3O5/c1-31-20-13-15(11-12-19(20)32-23(30)17-9-5-6-10-18(17)24)14-25-27-22(29)21(28)26-16-7-3-2-4-8-16/h2-14H,1H3,(H,26,28)(H,27,29)/b25-14+. The Balaban J connectivity index is 1.62. The van der Waals surface area contributed by atoms with Gasteiger partial charge < -0.3 is 14.8 Å². The van der Waals surface area contributed by atoms with Gasteiger partial charge in [0.2, 0.25) is 0 Å². The molecule has 3 aromatic carbocycles. The first kappa shape index (κ1) is 22.5. The van der Waals surface area contributed by atoms with Crippen LogP contribution in [0.3, 0.4) is 0 Å². The molecule has 3 aromatic rings. The van der Waals surface area contributed by atoms with Crippen LogP contribution in [0.2, 0.25) is 5.02 Å². The summed E-state index contributed by atoms with van der Waals surface area (Å²) in [4.78, 5) is 36.1. The monoisotopic (exact) mass is 451 g/mol. The van der Waals surface area contributed by atoms with E-state index in [1.54, 1.807) is 66.7 Å². The fraction of sp³-hybridized carbons (Fsp3) is 0.0435. The number of benzene rings is 3. The third kappa shape index (κ3) is 5.93. The summed E-state index contributed by atoms with van der Waals surface area (Å²) in [5.41, 5.74) is 3.38. The lowest BCUT2D eigenvalue weighted by atomic mass is 10.2. The van der Waals surface area contributed by atoms with E-state index in [-0.39, 0.29) is 22.1 Å². The number of halogens is 1. The number of esters is 1. The molecule has 2 amide bonds. The molecule has 0 saturated heterocycles. The topological polar surface area (TPSA) is 106 Å². The molecule has 0 aliphatic carbocycles. The van der Waals surface area contributed by atoms with Gasteiger partial charge in [0.25, 0.3) is 0 Å². The molecule has 0 unspecified atom stereocenters. The smallest absolute Gasteiger partial charge is 0.345 e. The lowest BCUT2D eigenvalue weighted by molar-refractivity contribution is -0.136. The molecule has 0 spiro atoms. The minimum absolute atomic E-state index is 0.181. The number of carbonyl (C=O) groups excluding carboxylic acids is 3. The van der Waals surface area contributed by atoms with Gasteiger partial charge in [0, 0.05) is 5.69 Å². The first-order valence-electron chi connectivity index (χ1n) is 9.32. The lowest BCUT2D eigenvalue weighted by Gasteiger charge is -2.10. The summed E-state index contributed by atoms with van der Waals surface area (Å²) in [6, 6.07) is 19.7. The summed E-state index contributed by atoms with van der Waals surface area (Å²) in [6.45, 7) is 0. The maximum Gasteiger partial charge on any atom is 0.345 e. The molecular formula is C23H18ClN3O5. The van der Waals surface area contributed by atoms with Gasteiger partial charge >= 0.3 is 17.8 Å². The Hall–Kier alpha value is -4.17. The van der Waals surface area contributed by atoms with E-state index in [1.165, 1.54) is 19.4 Å². The van der Waals surface area contributed by atoms with E-state index in [4.69, 9.17) is 21.1 Å². The Labute approximate surface area is 188 Å². The van der Waals surface area contributed by atoms with Crippen molar-refractivity contribution in [2.24, 2.45) is 5.10 Å². The zero-order valence-electron chi connectivity index (χ0n) is 16.9. The summed E-state index contributed by atoms with van der Waals surface area (Å²) in [6.07, 6.45) is 1.32. The molecule has 9 heteroatoms. The molecule has 8 nitrogen and oxygen atoms in total. The van der Waals surface area contributed by atoms with Gasteiger partial charge in [0.05, 0.1) is 23.9 Å². The molecule has 0 aromatic heterocycles. The van der Waals surface area contributed by atoms with Crippen LogP contribution in [0.1, 0.15) is 15.9 Å². The number of anilines is 1. The van der Waals surface area contributed by atoms with E-state index in [1.807, 2.05) is 0 Å². The van der Waals surface area contributed by atoms with E-state index in [9.17, 15) is 14.4 Å². The number of hydrazone groups is 1. The highest BCUT2D eigenvalue weighted by atomic mass is 35.5. The minimum atomic E-state index is -0.928. The van der Waals surface area contributed by atoms with Crippen LogP contribution in [0.25, 0.3) is 0 Å². The zero-order valence-corrected chi connectivity index (χ0v) is 17.6. The van der Waals surface area contributed by atoms with Crippen molar-refractivity contribution < 1.29 is 23.9 Å². The van der Waals surface area contributed by atoms with Gasteiger partial charge in [0.1, 0.15) is 0 Å². The molecule has 0 aliphatic heterocycles. The number of hydrogen-bond acceptors (Lipinski definition) is 6. The van der Waals surface area contributed by atoms with Crippen molar-refractivity contribution in [2.75, 3.05) is 12.4 Å². The van der Waals surface area contributed by atoms with Gasteiger partial charge in [-0.15, -0.1) is 0 Å². The van der Waals surface area contributed by atoms with Gasteiger partial charge in [-0.05, 0) is 48.0 Å². The number of nitrogens with one attached hydrogen (secondary N) is 2. The van der Waals surface area contributed by atoms with Crippen LogP contribution in [-0.4, -0.2) is 31.1 Å². The van der Waals surface area contributed by atoms with Crippen LogP contribution in [0, 0.1) is 0 Å². The molecule has 2 N–H and O–H groups in total. The van der Waals surface area contributed by atoms with Crippen LogP contribution >= 0.6 is 11.6 Å². The van der Waals surface area contributed by atoms with Crippen molar-refractivity contribution in [3.05, 3.63) is 88.9 Å². The highest BCUT2D eigenvalue weighted by molar-refractivity contribution is 6.39. The predicted octanol–water partition coefficient (Wildman–Crippen LogP) is 3.66. The number of methoxy groups -OCH3 is 1. The van der Waals surface area contributed by atoms with E-state index in [0.29, 0.717) is 11.3 Å². The third-order valence-electron chi connectivity index (χ3n) is 4.10. The molecule has 32 heavy (non-hydrogen) atoms. The molecule has 3 rings (SSSR count). The van der Waals surface area contributed by atoms with Crippen molar-refractivity contribution in [3.63, 3.8) is 0 Å². The molecule has 0 saturated carbocycles. The Morgan fingerprint density at radius 3 is 2.34 bits per heavy atom. The SMILES string of the molecule is COc1cc(/C=N/NC(=O)C(=O)Nc2ccccc2)ccc1OC(=O)c1ccccc1Cl. The van der Waals surface area contributed by atoms with Crippen LogP contribution in [-0.2, 0) is 9.59 Å². The molecular weight excluding hydrogens is 434 g/mol. The van der Waals surface area contributed by atoms with Crippen molar-refractivity contribution in [1.29, 1.82) is 0 Å². The summed E-state index contributed by atoms with van der Waals surface area (Å²) < 4.78 is 10.6. The maximum absolute atomic E-state index is 12.4. The molecule has 0 bridgehead atoms. The van der Waals surface area contributed by atoms with Gasteiger partial charge in [-0.25, -0.2) is 10.2 Å². The van der Waals surface area contributed by atoms with Crippen molar-refractivity contribution in [1.82, 2.24) is 5.43 Å². The lowest BCUT2D eigenvalue weighted by Crippen LogP contribution is -2.32. The fourth-order valence-electron chi connectivity index (χ4n) is 2.56. The normalized spacial score (nSPS) is 10.4. The molecule has 0 fully saturated rings. The third-order valence-corrected chi connectivity index (χ3v) is 4.43. The first-order chi connectivity index (χ1) is 15.5. The van der Waals surface area contributed by atoms with Crippen LogP contribution < -0.4 is 20.2 Å². The summed E-state index contributed by atoms with van der Waals surface area (Å²) in [5, 5.41) is 6.48. The number of hydrogen-bond donors (Lipinski definition) is 2. The number of carbonyl (C=O) groups is 3. The van der Waals surface area contributed by atoms with Gasteiger partial charge in [-0.1, -0.05) is 41.9 Å². The minimum Gasteiger partial charge on any atom is -0.493 e. The number of rotatable bonds is 6. The van der Waals surface area contributed by atoms with Gasteiger partial charge in [-0.3, -0.25) is 9.59 Å². The Morgan fingerprint density at radius 2 is 1.62 bits per heavy atom. The number of para-hydroxylation sites is 1. The van der Waals surface area contributed by atoms with Crippen molar-refractivity contribution >= 4 is 41.3 Å². The molecule has 162 valence electrons. The number of ether oxygens (including phenoxy) is 2. The molecule has 0 aliphatic rings. The van der Waals surface area contributed by atoms with E-state index >= 15 is 0 Å². The van der Waals surface area contributed by atoms with E-state index in [0.717, 1.165) is 0 Å². The maximum atomic E-state index is 12.4. The van der Waals surface area contributed by atoms with Crippen LogP contribution in [0.15, 0.2) is 77.9 Å². The van der Waals surface area contributed by atoms with E-state index in [2.05, 4.69) is 15.8 Å². The average Bonchev–Trinajstić information content (AvgIpc) is 2.80. The molecule has 0 radical (unpaired) electrons. The van der Waals surface area contributed by atoms with Crippen molar-refractivity contribution in [2.45, 2.75) is 0 Å². The second-order valence-electron chi connectivity index (χ2n) is 6.30. The van der Waals surface area contributed by atoms with Crippen LogP contribution in [0.4, 0.5) is 5.69 Å². The second kappa shape index (κ2) is 10.7. The van der Waals surface area contributed by atoms with Crippen LogP contribution in [0.5, 0.6) is 11.5 Å². The van der Waals surface area contributed by atoms with E-state index < -0.39 is 17.8 Å². The van der Waals surface area contributed by atoms with Crippen molar-refractivity contribution in [3.8, 4) is 11.5 Å². The summed E-state index contributed by atoms with van der Waals surface area (Å²) in [7, 11) is 1.42.